The molecule has 0 saturated carbocycles. The van der Waals surface area contributed by atoms with Gasteiger partial charge in [-0.15, -0.1) is 0 Å². The van der Waals surface area contributed by atoms with Gasteiger partial charge in [0.05, 0.1) is 22.1 Å². The van der Waals surface area contributed by atoms with E-state index in [2.05, 4.69) is 22.6 Å². The summed E-state index contributed by atoms with van der Waals surface area (Å²) in [6.07, 6.45) is 1.67. The van der Waals surface area contributed by atoms with E-state index in [0.717, 1.165) is 26.5 Å². The van der Waals surface area contributed by atoms with Gasteiger partial charge in [-0.05, 0) is 76.7 Å². The van der Waals surface area contributed by atoms with Crippen molar-refractivity contribution in [3.05, 3.63) is 97.2 Å². The molecule has 0 unspecified atom stereocenters. The highest BCUT2D eigenvalue weighted by Gasteiger charge is 2.35. The number of halogens is 2. The third-order valence-corrected chi connectivity index (χ3v) is 6.88. The second-order valence-corrected chi connectivity index (χ2v) is 9.83. The van der Waals surface area contributed by atoms with Crippen LogP contribution in [0.3, 0.4) is 0 Å². The largest absolute Gasteiger partial charge is 0.493 e. The van der Waals surface area contributed by atoms with Crippen LogP contribution in [-0.2, 0) is 17.9 Å². The van der Waals surface area contributed by atoms with Crippen LogP contribution < -0.4 is 9.47 Å². The lowest BCUT2D eigenvalue weighted by Gasteiger charge is -2.14. The van der Waals surface area contributed by atoms with Gasteiger partial charge in [0.2, 0.25) is 0 Å². The maximum absolute atomic E-state index is 13.9. The van der Waals surface area contributed by atoms with E-state index in [1.54, 1.807) is 30.3 Å². The summed E-state index contributed by atoms with van der Waals surface area (Å²) in [4.78, 5) is 27.0. The molecule has 2 amide bonds. The van der Waals surface area contributed by atoms with Crippen LogP contribution in [-0.4, -0.2) is 23.2 Å². The first-order chi connectivity index (χ1) is 16.4. The molecule has 3 aromatic rings. The van der Waals surface area contributed by atoms with Crippen molar-refractivity contribution >= 4 is 51.6 Å². The Hall–Kier alpha value is -2.85. The van der Waals surface area contributed by atoms with Crippen LogP contribution in [0.5, 0.6) is 11.5 Å². The number of hydrogen-bond acceptors (Lipinski definition) is 5. The normalized spacial score (nSPS) is 14.7. The average molecular weight is 589 g/mol. The van der Waals surface area contributed by atoms with Crippen molar-refractivity contribution in [1.82, 2.24) is 4.90 Å². The standard InChI is InChI=1S/C26H21FINO4S/c1-16-6-5-7-17(10-16)14-29-25(30)23(34-26(29)31)13-18-11-21(28)24(22(12-18)32-2)33-15-19-8-3-4-9-20(19)27/h3-13H,14-15H2,1-2H3/b23-13-. The number of imide groups is 1. The van der Waals surface area contributed by atoms with Gasteiger partial charge in [-0.2, -0.15) is 0 Å². The summed E-state index contributed by atoms with van der Waals surface area (Å²) < 4.78 is 26.0. The van der Waals surface area contributed by atoms with Crippen molar-refractivity contribution in [2.75, 3.05) is 7.11 Å². The first-order valence-corrected chi connectivity index (χ1v) is 12.3. The summed E-state index contributed by atoms with van der Waals surface area (Å²) in [5.74, 6) is 0.268. The van der Waals surface area contributed by atoms with Crippen LogP contribution in [0.4, 0.5) is 9.18 Å². The van der Waals surface area contributed by atoms with Crippen molar-refractivity contribution in [1.29, 1.82) is 0 Å². The molecule has 34 heavy (non-hydrogen) atoms. The maximum Gasteiger partial charge on any atom is 0.293 e. The van der Waals surface area contributed by atoms with Gasteiger partial charge in [0.25, 0.3) is 11.1 Å². The fourth-order valence-corrected chi connectivity index (χ4v) is 5.13. The third kappa shape index (κ3) is 5.44. The first kappa shape index (κ1) is 24.3. The highest BCUT2D eigenvalue weighted by Crippen LogP contribution is 2.38. The summed E-state index contributed by atoms with van der Waals surface area (Å²) in [5, 5.41) is -0.302. The molecule has 0 radical (unpaired) electrons. The highest BCUT2D eigenvalue weighted by atomic mass is 127. The summed E-state index contributed by atoms with van der Waals surface area (Å²) in [7, 11) is 1.51. The van der Waals surface area contributed by atoms with Crippen LogP contribution >= 0.6 is 34.4 Å². The Morgan fingerprint density at radius 2 is 1.88 bits per heavy atom. The van der Waals surface area contributed by atoms with E-state index in [-0.39, 0.29) is 30.1 Å². The van der Waals surface area contributed by atoms with Gasteiger partial charge in [-0.25, -0.2) is 4.39 Å². The van der Waals surface area contributed by atoms with E-state index in [0.29, 0.717) is 27.5 Å². The average Bonchev–Trinajstić information content (AvgIpc) is 3.06. The molecular formula is C26H21FINO4S. The Bertz CT molecular complexity index is 1290. The predicted molar refractivity (Wildman–Crippen MR) is 139 cm³/mol. The molecule has 3 aromatic carbocycles. The molecule has 1 saturated heterocycles. The molecule has 0 atom stereocenters. The fourth-order valence-electron chi connectivity index (χ4n) is 3.51. The molecule has 1 fully saturated rings. The maximum atomic E-state index is 13.9. The molecule has 0 N–H and O–H groups in total. The number of rotatable bonds is 7. The molecule has 1 heterocycles. The molecule has 1 aliphatic rings. The molecule has 0 aliphatic carbocycles. The zero-order valence-corrected chi connectivity index (χ0v) is 21.5. The Morgan fingerprint density at radius 3 is 2.62 bits per heavy atom. The molecule has 5 nitrogen and oxygen atoms in total. The lowest BCUT2D eigenvalue weighted by atomic mass is 10.1. The zero-order valence-electron chi connectivity index (χ0n) is 18.5. The van der Waals surface area contributed by atoms with Gasteiger partial charge in [0.15, 0.2) is 11.5 Å². The smallest absolute Gasteiger partial charge is 0.293 e. The lowest BCUT2D eigenvalue weighted by Crippen LogP contribution is -2.27. The van der Waals surface area contributed by atoms with E-state index in [1.165, 1.54) is 18.1 Å². The van der Waals surface area contributed by atoms with Crippen LogP contribution in [0.25, 0.3) is 6.08 Å². The van der Waals surface area contributed by atoms with Crippen molar-refractivity contribution in [2.24, 2.45) is 0 Å². The highest BCUT2D eigenvalue weighted by molar-refractivity contribution is 14.1. The van der Waals surface area contributed by atoms with Gasteiger partial charge in [-0.1, -0.05) is 48.0 Å². The number of carbonyl (C=O) groups excluding carboxylic acids is 2. The fraction of sp³-hybridized carbons (Fsp3) is 0.154. The van der Waals surface area contributed by atoms with Crippen molar-refractivity contribution in [3.63, 3.8) is 0 Å². The number of thioether (sulfide) groups is 1. The monoisotopic (exact) mass is 589 g/mol. The van der Waals surface area contributed by atoms with Gasteiger partial charge < -0.3 is 9.47 Å². The minimum absolute atomic E-state index is 0.0518. The number of hydrogen-bond donors (Lipinski definition) is 0. The Labute approximate surface area is 215 Å². The topological polar surface area (TPSA) is 55.8 Å². The summed E-state index contributed by atoms with van der Waals surface area (Å²) in [5.41, 5.74) is 3.10. The van der Waals surface area contributed by atoms with E-state index >= 15 is 0 Å². The van der Waals surface area contributed by atoms with Crippen LogP contribution in [0, 0.1) is 16.3 Å². The third-order valence-electron chi connectivity index (χ3n) is 5.18. The van der Waals surface area contributed by atoms with Gasteiger partial charge >= 0.3 is 0 Å². The second kappa shape index (κ2) is 10.6. The SMILES string of the molecule is COc1cc(/C=C2\SC(=O)N(Cc3cccc(C)c3)C2=O)cc(I)c1OCc1ccccc1F. The number of methoxy groups -OCH3 is 1. The van der Waals surface area contributed by atoms with Gasteiger partial charge in [0, 0.05) is 5.56 Å². The van der Waals surface area contributed by atoms with E-state index in [4.69, 9.17) is 9.47 Å². The second-order valence-electron chi connectivity index (χ2n) is 7.67. The molecule has 0 spiro atoms. The first-order valence-electron chi connectivity index (χ1n) is 10.4. The molecule has 8 heteroatoms. The number of aryl methyl sites for hydroxylation is 1. The Kier molecular flexibility index (Phi) is 7.57. The van der Waals surface area contributed by atoms with Gasteiger partial charge in [-0.3, -0.25) is 14.5 Å². The molecule has 1 aliphatic heterocycles. The predicted octanol–water partition coefficient (Wildman–Crippen LogP) is 6.56. The number of amides is 2. The summed E-state index contributed by atoms with van der Waals surface area (Å²) >= 11 is 3.02. The number of carbonyl (C=O) groups is 2. The quantitative estimate of drug-likeness (QED) is 0.231. The van der Waals surface area contributed by atoms with Crippen molar-refractivity contribution in [2.45, 2.75) is 20.1 Å². The Morgan fingerprint density at radius 1 is 1.09 bits per heavy atom. The van der Waals surface area contributed by atoms with E-state index in [9.17, 15) is 14.0 Å². The number of nitrogens with zero attached hydrogens (tertiary/aromatic N) is 1. The summed E-state index contributed by atoms with van der Waals surface area (Å²) in [6, 6.07) is 17.7. The van der Waals surface area contributed by atoms with E-state index in [1.807, 2.05) is 37.3 Å². The molecule has 4 rings (SSSR count). The van der Waals surface area contributed by atoms with Gasteiger partial charge in [0.1, 0.15) is 12.4 Å². The molecule has 174 valence electrons. The summed E-state index contributed by atoms with van der Waals surface area (Å²) in [6.45, 7) is 2.25. The van der Waals surface area contributed by atoms with E-state index < -0.39 is 0 Å². The van der Waals surface area contributed by atoms with Crippen molar-refractivity contribution in [3.8, 4) is 11.5 Å². The molecular weight excluding hydrogens is 568 g/mol. The van der Waals surface area contributed by atoms with Crippen LogP contribution in [0.1, 0.15) is 22.3 Å². The zero-order chi connectivity index (χ0) is 24.2. The minimum Gasteiger partial charge on any atom is -0.493 e. The number of benzene rings is 3. The number of ether oxygens (including phenoxy) is 2. The Balaban J connectivity index is 1.54. The van der Waals surface area contributed by atoms with Crippen LogP contribution in [0.15, 0.2) is 65.6 Å². The lowest BCUT2D eigenvalue weighted by molar-refractivity contribution is -0.123. The minimum atomic E-state index is -0.338. The van der Waals surface area contributed by atoms with Crippen LogP contribution in [0.2, 0.25) is 0 Å². The molecule has 0 aromatic heterocycles. The van der Waals surface area contributed by atoms with Crippen molar-refractivity contribution < 1.29 is 23.5 Å². The molecule has 0 bridgehead atoms.